The molecule has 3 heteroatoms. The van der Waals surface area contributed by atoms with Gasteiger partial charge in [-0.3, -0.25) is 0 Å². The van der Waals surface area contributed by atoms with E-state index in [4.69, 9.17) is 16.2 Å². The van der Waals surface area contributed by atoms with Gasteiger partial charge in [0.15, 0.2) is 0 Å². The van der Waals surface area contributed by atoms with Crippen LogP contribution in [0.25, 0.3) is 0 Å². The van der Waals surface area contributed by atoms with E-state index in [1.54, 1.807) is 0 Å². The molecule has 18 heavy (non-hydrogen) atoms. The average Bonchev–Trinajstić information content (AvgIpc) is 2.38. The van der Waals surface area contributed by atoms with E-state index < -0.39 is 0 Å². The van der Waals surface area contributed by atoms with Crippen molar-refractivity contribution >= 4 is 0 Å². The maximum absolute atomic E-state index is 5.84. The van der Waals surface area contributed by atoms with E-state index >= 15 is 0 Å². The third-order valence-electron chi connectivity index (χ3n) is 3.00. The van der Waals surface area contributed by atoms with E-state index in [0.717, 1.165) is 37.3 Å². The third-order valence-corrected chi connectivity index (χ3v) is 3.00. The molecule has 102 valence electrons. The van der Waals surface area contributed by atoms with Crippen LogP contribution in [0.5, 0.6) is 5.75 Å². The summed E-state index contributed by atoms with van der Waals surface area (Å²) in [5, 5.41) is 0. The van der Waals surface area contributed by atoms with Crippen LogP contribution in [0.1, 0.15) is 50.6 Å². The monoisotopic (exact) mass is 250 g/mol. The molecule has 1 aromatic carbocycles. The van der Waals surface area contributed by atoms with Crippen molar-refractivity contribution in [1.29, 1.82) is 0 Å². The third kappa shape index (κ3) is 6.03. The van der Waals surface area contributed by atoms with Crippen LogP contribution in [0.3, 0.4) is 0 Å². The van der Waals surface area contributed by atoms with Gasteiger partial charge in [-0.05, 0) is 44.0 Å². The van der Waals surface area contributed by atoms with E-state index in [1.165, 1.54) is 19.3 Å². The minimum absolute atomic E-state index is 0.0600. The lowest BCUT2D eigenvalue weighted by Crippen LogP contribution is -2.05. The van der Waals surface area contributed by atoms with Gasteiger partial charge in [0.05, 0.1) is 6.61 Å². The number of unbranched alkanes of at least 4 members (excludes halogenated alkanes) is 4. The van der Waals surface area contributed by atoms with Gasteiger partial charge in [-0.2, -0.15) is 0 Å². The zero-order valence-corrected chi connectivity index (χ0v) is 11.4. The van der Waals surface area contributed by atoms with Gasteiger partial charge in [-0.1, -0.05) is 31.4 Å². The first kappa shape index (κ1) is 15.0. The zero-order valence-electron chi connectivity index (χ0n) is 11.4. The van der Waals surface area contributed by atoms with E-state index in [-0.39, 0.29) is 6.04 Å². The Morgan fingerprint density at radius 2 is 1.83 bits per heavy atom. The Hall–Kier alpha value is -1.06. The first-order valence-corrected chi connectivity index (χ1v) is 6.92. The fraction of sp³-hybridized carbons (Fsp3) is 0.600. The minimum Gasteiger partial charge on any atom is -0.494 e. The van der Waals surface area contributed by atoms with E-state index in [1.807, 2.05) is 31.2 Å². The van der Waals surface area contributed by atoms with Gasteiger partial charge >= 0.3 is 0 Å². The van der Waals surface area contributed by atoms with E-state index in [2.05, 4.69) is 0 Å². The van der Waals surface area contributed by atoms with Crippen LogP contribution in [0, 0.1) is 0 Å². The normalized spacial score (nSPS) is 12.4. The molecule has 0 spiro atoms. The average molecular weight is 250 g/mol. The summed E-state index contributed by atoms with van der Waals surface area (Å²) in [6.07, 6.45) is 5.94. The van der Waals surface area contributed by atoms with Crippen LogP contribution in [-0.4, -0.2) is 13.2 Å². The first-order chi connectivity index (χ1) is 8.74. The Bertz CT molecular complexity index is 326. The van der Waals surface area contributed by atoms with Crippen molar-refractivity contribution in [3.63, 3.8) is 0 Å². The Labute approximate surface area is 111 Å². The largest absolute Gasteiger partial charge is 0.494 e. The molecule has 0 bridgehead atoms. The van der Waals surface area contributed by atoms with Crippen molar-refractivity contribution in [3.8, 4) is 5.75 Å². The predicted octanol–water partition coefficient (Wildman–Crippen LogP) is 2.99. The number of hydrogen-bond acceptors (Lipinski definition) is 3. The molecule has 0 radical (unpaired) electrons. The van der Waals surface area contributed by atoms with Gasteiger partial charge in [-0.25, -0.2) is 0 Å². The number of rotatable bonds is 9. The number of ether oxygens (including phenoxy) is 1. The number of nitrogens with two attached hydrogens (primary N) is 2. The SMILES string of the molecule is C[C@@H](N)c1cccc(OCCCCCCCN)c1. The topological polar surface area (TPSA) is 61.3 Å². The van der Waals surface area contributed by atoms with Crippen LogP contribution in [0.15, 0.2) is 24.3 Å². The lowest BCUT2D eigenvalue weighted by molar-refractivity contribution is 0.304. The molecule has 0 aliphatic carbocycles. The molecule has 1 atom stereocenters. The predicted molar refractivity (Wildman–Crippen MR) is 76.7 cm³/mol. The van der Waals surface area contributed by atoms with Gasteiger partial charge in [0.25, 0.3) is 0 Å². The maximum Gasteiger partial charge on any atom is 0.119 e. The van der Waals surface area contributed by atoms with Crippen molar-refractivity contribution < 1.29 is 4.74 Å². The van der Waals surface area contributed by atoms with Crippen LogP contribution >= 0.6 is 0 Å². The van der Waals surface area contributed by atoms with Crippen molar-refractivity contribution in [2.24, 2.45) is 11.5 Å². The van der Waals surface area contributed by atoms with Gasteiger partial charge in [-0.15, -0.1) is 0 Å². The fourth-order valence-electron chi connectivity index (χ4n) is 1.85. The molecule has 0 saturated heterocycles. The maximum atomic E-state index is 5.84. The summed E-state index contributed by atoms with van der Waals surface area (Å²) in [4.78, 5) is 0. The van der Waals surface area contributed by atoms with Crippen molar-refractivity contribution in [3.05, 3.63) is 29.8 Å². The fourth-order valence-corrected chi connectivity index (χ4v) is 1.85. The zero-order chi connectivity index (χ0) is 13.2. The summed E-state index contributed by atoms with van der Waals surface area (Å²) in [6, 6.07) is 8.10. The Balaban J connectivity index is 2.17. The molecule has 0 aliphatic rings. The molecule has 3 nitrogen and oxygen atoms in total. The highest BCUT2D eigenvalue weighted by Gasteiger charge is 2.00. The molecule has 0 aromatic heterocycles. The molecule has 0 fully saturated rings. The van der Waals surface area contributed by atoms with E-state index in [0.29, 0.717) is 0 Å². The summed E-state index contributed by atoms with van der Waals surface area (Å²) in [5.74, 6) is 0.923. The summed E-state index contributed by atoms with van der Waals surface area (Å²) >= 11 is 0. The van der Waals surface area contributed by atoms with Gasteiger partial charge in [0.2, 0.25) is 0 Å². The summed E-state index contributed by atoms with van der Waals surface area (Å²) < 4.78 is 5.72. The van der Waals surface area contributed by atoms with Gasteiger partial charge in [0, 0.05) is 6.04 Å². The standard InChI is InChI=1S/C15H26N2O/c1-13(17)14-8-7-9-15(12-14)18-11-6-4-2-3-5-10-16/h7-9,12-13H,2-6,10-11,16-17H2,1H3/t13-/m1/s1. The lowest BCUT2D eigenvalue weighted by Gasteiger charge is -2.10. The highest BCUT2D eigenvalue weighted by atomic mass is 16.5. The summed E-state index contributed by atoms with van der Waals surface area (Å²) in [6.45, 7) is 3.57. The Kier molecular flexibility index (Phi) is 7.46. The quantitative estimate of drug-likeness (QED) is 0.662. The summed E-state index contributed by atoms with van der Waals surface area (Å²) in [5.41, 5.74) is 12.4. The Morgan fingerprint density at radius 1 is 1.11 bits per heavy atom. The van der Waals surface area contributed by atoms with Gasteiger partial charge < -0.3 is 16.2 Å². The number of benzene rings is 1. The Morgan fingerprint density at radius 3 is 2.56 bits per heavy atom. The number of hydrogen-bond donors (Lipinski definition) is 2. The molecule has 0 unspecified atom stereocenters. The molecular weight excluding hydrogens is 224 g/mol. The second-order valence-corrected chi connectivity index (χ2v) is 4.77. The van der Waals surface area contributed by atoms with Crippen molar-refractivity contribution in [2.75, 3.05) is 13.2 Å². The second-order valence-electron chi connectivity index (χ2n) is 4.77. The molecule has 4 N–H and O–H groups in total. The van der Waals surface area contributed by atoms with E-state index in [9.17, 15) is 0 Å². The molecule has 0 aliphatic heterocycles. The molecule has 0 heterocycles. The summed E-state index contributed by atoms with van der Waals surface area (Å²) in [7, 11) is 0. The lowest BCUT2D eigenvalue weighted by atomic mass is 10.1. The molecule has 1 aromatic rings. The van der Waals surface area contributed by atoms with Crippen LogP contribution in [0.4, 0.5) is 0 Å². The smallest absolute Gasteiger partial charge is 0.119 e. The van der Waals surface area contributed by atoms with Gasteiger partial charge in [0.1, 0.15) is 5.75 Å². The minimum atomic E-state index is 0.0600. The van der Waals surface area contributed by atoms with Crippen LogP contribution in [0.2, 0.25) is 0 Å². The van der Waals surface area contributed by atoms with Crippen LogP contribution < -0.4 is 16.2 Å². The highest BCUT2D eigenvalue weighted by molar-refractivity contribution is 5.30. The first-order valence-electron chi connectivity index (χ1n) is 6.92. The highest BCUT2D eigenvalue weighted by Crippen LogP contribution is 2.17. The van der Waals surface area contributed by atoms with Crippen LogP contribution in [-0.2, 0) is 0 Å². The molecular formula is C15H26N2O. The van der Waals surface area contributed by atoms with Crippen molar-refractivity contribution in [2.45, 2.75) is 45.1 Å². The molecule has 1 rings (SSSR count). The second kappa shape index (κ2) is 8.95. The van der Waals surface area contributed by atoms with Crippen molar-refractivity contribution in [1.82, 2.24) is 0 Å². The molecule has 0 saturated carbocycles. The molecule has 0 amide bonds.